The van der Waals surface area contributed by atoms with Gasteiger partial charge in [0.2, 0.25) is 0 Å². The summed E-state index contributed by atoms with van der Waals surface area (Å²) in [6, 6.07) is 15.3. The third-order valence-corrected chi connectivity index (χ3v) is 4.34. The number of sulfonamides is 1. The Hall–Kier alpha value is -1.40. The Morgan fingerprint density at radius 1 is 1.00 bits per heavy atom. The fraction of sp³-hybridized carbons (Fsp3) is 0.0769. The molecule has 0 heterocycles. The average Bonchev–Trinajstić information content (AvgIpc) is 2.40. The largest absolute Gasteiger partial charge is 0.282 e. The summed E-state index contributed by atoms with van der Waals surface area (Å²) in [5.41, 5.74) is 0.833. The Bertz CT molecular complexity index is 642. The van der Waals surface area contributed by atoms with Crippen LogP contribution in [-0.2, 0) is 10.0 Å². The first-order chi connectivity index (χ1) is 8.99. The van der Waals surface area contributed by atoms with Crippen LogP contribution in [0.1, 0.15) is 0 Å². The van der Waals surface area contributed by atoms with E-state index in [0.29, 0.717) is 10.0 Å². The molecule has 0 aliphatic carbocycles. The molecule has 0 saturated carbocycles. The molecule has 100 valence electrons. The van der Waals surface area contributed by atoms with Crippen LogP contribution >= 0.6 is 11.6 Å². The van der Waals surface area contributed by atoms with Gasteiger partial charge in [-0.3, -0.25) is 0 Å². The summed E-state index contributed by atoms with van der Waals surface area (Å²) in [7, 11) is -1.85. The lowest BCUT2D eigenvalue weighted by atomic mass is 10.3. The Morgan fingerprint density at radius 3 is 2.16 bits per heavy atom. The minimum atomic E-state index is -3.57. The minimum Gasteiger partial charge on any atom is -0.213 e. The van der Waals surface area contributed by atoms with Crippen LogP contribution in [0.15, 0.2) is 59.5 Å². The van der Waals surface area contributed by atoms with Gasteiger partial charge in [-0.25, -0.2) is 13.4 Å². The molecule has 2 aromatic carbocycles. The number of halogens is 1. The molecular formula is C13H14ClN2O2S+. The van der Waals surface area contributed by atoms with Crippen molar-refractivity contribution in [3.8, 4) is 0 Å². The van der Waals surface area contributed by atoms with Crippen LogP contribution in [0.3, 0.4) is 0 Å². The van der Waals surface area contributed by atoms with Crippen molar-refractivity contribution in [2.75, 3.05) is 7.05 Å². The Balaban J connectivity index is 2.20. The molecule has 2 N–H and O–H groups in total. The molecule has 0 fully saturated rings. The van der Waals surface area contributed by atoms with Gasteiger partial charge in [0.1, 0.15) is 0 Å². The van der Waals surface area contributed by atoms with Crippen LogP contribution < -0.4 is 9.84 Å². The smallest absolute Gasteiger partial charge is 0.213 e. The zero-order chi connectivity index (χ0) is 13.9. The second-order valence-electron chi connectivity index (χ2n) is 4.05. The number of para-hydroxylation sites is 1. The molecule has 0 spiro atoms. The molecule has 4 nitrogen and oxygen atoms in total. The first kappa shape index (κ1) is 14.0. The second kappa shape index (κ2) is 5.71. The highest BCUT2D eigenvalue weighted by Gasteiger charge is 2.19. The van der Waals surface area contributed by atoms with Crippen LogP contribution in [-0.4, -0.2) is 15.5 Å². The van der Waals surface area contributed by atoms with Gasteiger partial charge in [-0.15, -0.1) is 0 Å². The normalized spacial score (nSPS) is 13.2. The summed E-state index contributed by atoms with van der Waals surface area (Å²) >= 11 is 5.74. The standard InChI is InChI=1S/C13H13ClN2O2S/c1-16(12-5-3-2-4-6-12)15-19(17,18)13-9-7-11(14)8-10-13/h2-10,15H,1H3/p+1. The number of hydrogen-bond donors (Lipinski definition) is 2. The van der Waals surface area contributed by atoms with Gasteiger partial charge in [-0.2, -0.15) is 0 Å². The Morgan fingerprint density at radius 2 is 1.58 bits per heavy atom. The Kier molecular flexibility index (Phi) is 4.21. The highest BCUT2D eigenvalue weighted by Crippen LogP contribution is 2.13. The predicted octanol–water partition coefficient (Wildman–Crippen LogP) is 1.38. The summed E-state index contributed by atoms with van der Waals surface area (Å²) in [5, 5.41) is 1.08. The molecule has 6 heteroatoms. The third kappa shape index (κ3) is 3.54. The number of rotatable bonds is 4. The maximum atomic E-state index is 12.2. The summed E-state index contributed by atoms with van der Waals surface area (Å²) in [6.07, 6.45) is 0. The van der Waals surface area contributed by atoms with Gasteiger partial charge in [-0.05, 0) is 29.1 Å². The molecule has 2 aromatic rings. The molecule has 1 unspecified atom stereocenters. The van der Waals surface area contributed by atoms with Gasteiger partial charge in [0.15, 0.2) is 5.69 Å². The number of nitrogens with one attached hydrogen (secondary N) is 2. The third-order valence-electron chi connectivity index (χ3n) is 2.62. The van der Waals surface area contributed by atoms with Gasteiger partial charge in [0, 0.05) is 17.2 Å². The fourth-order valence-electron chi connectivity index (χ4n) is 1.62. The quantitative estimate of drug-likeness (QED) is 0.838. The lowest BCUT2D eigenvalue weighted by Crippen LogP contribution is -3.11. The molecule has 1 atom stereocenters. The zero-order valence-corrected chi connectivity index (χ0v) is 11.9. The van der Waals surface area contributed by atoms with Crippen molar-refractivity contribution in [2.45, 2.75) is 4.90 Å². The van der Waals surface area contributed by atoms with E-state index in [1.54, 1.807) is 19.2 Å². The van der Waals surface area contributed by atoms with E-state index in [1.807, 2.05) is 30.3 Å². The van der Waals surface area contributed by atoms with Crippen molar-refractivity contribution in [3.63, 3.8) is 0 Å². The number of hydrogen-bond acceptors (Lipinski definition) is 2. The van der Waals surface area contributed by atoms with Gasteiger partial charge in [0.25, 0.3) is 10.0 Å². The molecule has 0 bridgehead atoms. The van der Waals surface area contributed by atoms with E-state index in [2.05, 4.69) is 4.83 Å². The van der Waals surface area contributed by atoms with E-state index < -0.39 is 10.0 Å². The minimum absolute atomic E-state index is 0.187. The first-order valence-electron chi connectivity index (χ1n) is 5.66. The molecule has 2 rings (SSSR count). The highest BCUT2D eigenvalue weighted by atomic mass is 35.5. The maximum absolute atomic E-state index is 12.2. The lowest BCUT2D eigenvalue weighted by Gasteiger charge is -2.14. The lowest BCUT2D eigenvalue weighted by molar-refractivity contribution is -0.843. The molecular weight excluding hydrogens is 284 g/mol. The van der Waals surface area contributed by atoms with Crippen molar-refractivity contribution in [1.29, 1.82) is 0 Å². The summed E-state index contributed by atoms with van der Waals surface area (Å²) in [4.78, 5) is 2.74. The molecule has 0 aromatic heterocycles. The van der Waals surface area contributed by atoms with Crippen LogP contribution in [0, 0.1) is 0 Å². The van der Waals surface area contributed by atoms with Crippen molar-refractivity contribution in [1.82, 2.24) is 4.83 Å². The van der Waals surface area contributed by atoms with Crippen molar-refractivity contribution in [3.05, 3.63) is 59.6 Å². The van der Waals surface area contributed by atoms with Crippen LogP contribution in [0.5, 0.6) is 0 Å². The van der Waals surface area contributed by atoms with Crippen molar-refractivity contribution < 1.29 is 13.4 Å². The average molecular weight is 298 g/mol. The van der Waals surface area contributed by atoms with E-state index in [0.717, 1.165) is 5.69 Å². The van der Waals surface area contributed by atoms with E-state index >= 15 is 0 Å². The molecule has 0 aliphatic rings. The van der Waals surface area contributed by atoms with Gasteiger partial charge in [0.05, 0.1) is 11.9 Å². The van der Waals surface area contributed by atoms with Crippen LogP contribution in [0.2, 0.25) is 5.02 Å². The molecule has 0 amide bonds. The number of benzene rings is 2. The van der Waals surface area contributed by atoms with Crippen LogP contribution in [0.25, 0.3) is 0 Å². The van der Waals surface area contributed by atoms with E-state index in [4.69, 9.17) is 11.6 Å². The molecule has 0 radical (unpaired) electrons. The van der Waals surface area contributed by atoms with Crippen molar-refractivity contribution in [2.24, 2.45) is 0 Å². The monoisotopic (exact) mass is 297 g/mol. The number of quaternary nitrogens is 1. The summed E-state index contributed by atoms with van der Waals surface area (Å²) in [6.45, 7) is 0. The summed E-state index contributed by atoms with van der Waals surface area (Å²) in [5.74, 6) is 0. The van der Waals surface area contributed by atoms with Gasteiger partial charge in [-0.1, -0.05) is 29.8 Å². The second-order valence-corrected chi connectivity index (χ2v) is 6.17. The molecule has 19 heavy (non-hydrogen) atoms. The van der Waals surface area contributed by atoms with Gasteiger partial charge < -0.3 is 0 Å². The SMILES string of the molecule is C[NH+](NS(=O)(=O)c1ccc(Cl)cc1)c1ccccc1. The molecule has 0 aliphatic heterocycles. The topological polar surface area (TPSA) is 50.6 Å². The molecule has 0 saturated heterocycles. The zero-order valence-electron chi connectivity index (χ0n) is 10.3. The first-order valence-corrected chi connectivity index (χ1v) is 7.52. The van der Waals surface area contributed by atoms with Crippen molar-refractivity contribution >= 4 is 27.3 Å². The van der Waals surface area contributed by atoms with E-state index in [1.165, 1.54) is 12.1 Å². The predicted molar refractivity (Wildman–Crippen MR) is 74.8 cm³/mol. The van der Waals surface area contributed by atoms with E-state index in [9.17, 15) is 8.42 Å². The fourth-order valence-corrected chi connectivity index (χ4v) is 2.88. The summed E-state index contributed by atoms with van der Waals surface area (Å²) < 4.78 is 24.3. The Labute approximate surface area is 117 Å². The highest BCUT2D eigenvalue weighted by molar-refractivity contribution is 7.89. The van der Waals surface area contributed by atoms with Gasteiger partial charge >= 0.3 is 0 Å². The van der Waals surface area contributed by atoms with Crippen LogP contribution in [0.4, 0.5) is 5.69 Å². The maximum Gasteiger partial charge on any atom is 0.282 e. The van der Waals surface area contributed by atoms with E-state index in [-0.39, 0.29) is 4.90 Å².